The maximum Gasteiger partial charge on any atom is 0.225 e. The van der Waals surface area contributed by atoms with Crippen molar-refractivity contribution in [1.82, 2.24) is 14.9 Å². The zero-order valence-electron chi connectivity index (χ0n) is 17.1. The summed E-state index contributed by atoms with van der Waals surface area (Å²) in [6, 6.07) is 9.98. The van der Waals surface area contributed by atoms with E-state index in [1.807, 2.05) is 42.2 Å². The second-order valence-corrected chi connectivity index (χ2v) is 7.04. The van der Waals surface area contributed by atoms with Gasteiger partial charge in [-0.25, -0.2) is 9.97 Å². The minimum absolute atomic E-state index is 0.150. The largest absolute Gasteiger partial charge is 0.494 e. The van der Waals surface area contributed by atoms with E-state index in [0.29, 0.717) is 12.5 Å². The van der Waals surface area contributed by atoms with E-state index in [1.165, 1.54) is 0 Å². The lowest BCUT2D eigenvalue weighted by molar-refractivity contribution is -0.136. The molecule has 3 rings (SSSR count). The summed E-state index contributed by atoms with van der Waals surface area (Å²) in [4.78, 5) is 25.7. The number of nitrogens with zero attached hydrogens (tertiary/aromatic N) is 4. The fraction of sp³-hybridized carbons (Fsp3) is 0.500. The zero-order chi connectivity index (χ0) is 19.9. The molecule has 0 spiro atoms. The van der Waals surface area contributed by atoms with E-state index in [9.17, 15) is 4.79 Å². The van der Waals surface area contributed by atoms with E-state index >= 15 is 0 Å². The van der Waals surface area contributed by atoms with Gasteiger partial charge in [-0.3, -0.25) is 4.79 Å². The number of aromatic nitrogens is 2. The van der Waals surface area contributed by atoms with E-state index in [2.05, 4.69) is 28.7 Å². The molecule has 6 nitrogen and oxygen atoms in total. The zero-order valence-corrected chi connectivity index (χ0v) is 17.1. The third kappa shape index (κ3) is 4.61. The van der Waals surface area contributed by atoms with Crippen LogP contribution in [0.5, 0.6) is 5.75 Å². The number of ether oxygens (including phenoxy) is 1. The molecule has 2 heterocycles. The highest BCUT2D eigenvalue weighted by Gasteiger charge is 2.26. The molecule has 28 heavy (non-hydrogen) atoms. The van der Waals surface area contributed by atoms with Crippen molar-refractivity contribution in [2.24, 2.45) is 5.92 Å². The summed E-state index contributed by atoms with van der Waals surface area (Å²) in [6.07, 6.45) is 3.43. The van der Waals surface area contributed by atoms with Crippen molar-refractivity contribution >= 4 is 11.7 Å². The molecule has 0 aliphatic carbocycles. The van der Waals surface area contributed by atoms with Crippen molar-refractivity contribution in [2.75, 3.05) is 37.7 Å². The van der Waals surface area contributed by atoms with Gasteiger partial charge in [-0.2, -0.15) is 0 Å². The number of rotatable bonds is 7. The lowest BCUT2D eigenvalue weighted by atomic mass is 10.0. The summed E-state index contributed by atoms with van der Waals surface area (Å²) in [6.45, 7) is 9.90. The molecule has 0 N–H and O–H groups in total. The fourth-order valence-electron chi connectivity index (χ4n) is 3.62. The number of piperazine rings is 1. The Kier molecular flexibility index (Phi) is 6.85. The number of carbonyl (C=O) groups excluding carboxylic acids is 1. The van der Waals surface area contributed by atoms with Crippen molar-refractivity contribution in [3.63, 3.8) is 0 Å². The third-order valence-electron chi connectivity index (χ3n) is 5.36. The number of hydrogen-bond donors (Lipinski definition) is 0. The minimum Gasteiger partial charge on any atom is -0.494 e. The van der Waals surface area contributed by atoms with Gasteiger partial charge in [0, 0.05) is 43.7 Å². The number of carbonyl (C=O) groups is 1. The van der Waals surface area contributed by atoms with E-state index in [1.54, 1.807) is 6.33 Å². The topological polar surface area (TPSA) is 58.6 Å². The van der Waals surface area contributed by atoms with Gasteiger partial charge in [0.2, 0.25) is 5.91 Å². The number of benzene rings is 1. The molecule has 1 aromatic heterocycles. The van der Waals surface area contributed by atoms with Gasteiger partial charge in [0.25, 0.3) is 0 Å². The van der Waals surface area contributed by atoms with E-state index < -0.39 is 0 Å². The summed E-state index contributed by atoms with van der Waals surface area (Å²) in [5.41, 5.74) is 1.93. The Morgan fingerprint density at radius 2 is 1.71 bits per heavy atom. The van der Waals surface area contributed by atoms with Crippen LogP contribution in [0.1, 0.15) is 33.6 Å². The molecule has 1 fully saturated rings. The van der Waals surface area contributed by atoms with Crippen molar-refractivity contribution in [2.45, 2.75) is 33.6 Å². The van der Waals surface area contributed by atoms with Gasteiger partial charge >= 0.3 is 0 Å². The molecule has 0 atom stereocenters. The van der Waals surface area contributed by atoms with Crippen LogP contribution in [0.15, 0.2) is 36.7 Å². The van der Waals surface area contributed by atoms with Gasteiger partial charge in [-0.1, -0.05) is 13.8 Å². The summed E-state index contributed by atoms with van der Waals surface area (Å²) >= 11 is 0. The molecule has 1 aromatic carbocycles. The standard InChI is InChI=1S/C22H30N4O2/c1-4-17(5-2)22(27)26-13-11-25(12-14-26)21-15-20(23-16-24-21)18-7-9-19(10-8-18)28-6-3/h7-10,15-17H,4-6,11-14H2,1-3H3. The number of amides is 1. The quantitative estimate of drug-likeness (QED) is 0.732. The van der Waals surface area contributed by atoms with Crippen LogP contribution in [-0.2, 0) is 4.79 Å². The van der Waals surface area contributed by atoms with Crippen LogP contribution >= 0.6 is 0 Å². The van der Waals surface area contributed by atoms with Crippen molar-refractivity contribution in [3.8, 4) is 17.0 Å². The van der Waals surface area contributed by atoms with Gasteiger partial charge < -0.3 is 14.5 Å². The summed E-state index contributed by atoms with van der Waals surface area (Å²) in [5.74, 6) is 2.21. The first-order chi connectivity index (χ1) is 13.7. The van der Waals surface area contributed by atoms with E-state index in [0.717, 1.165) is 61.8 Å². The second-order valence-electron chi connectivity index (χ2n) is 7.04. The molecule has 0 unspecified atom stereocenters. The van der Waals surface area contributed by atoms with Crippen LogP contribution < -0.4 is 9.64 Å². The van der Waals surface area contributed by atoms with Crippen LogP contribution in [-0.4, -0.2) is 53.6 Å². The SMILES string of the molecule is CCOc1ccc(-c2cc(N3CCN(C(=O)C(CC)CC)CC3)ncn2)cc1. The molecule has 0 bridgehead atoms. The molecule has 2 aromatic rings. The van der Waals surface area contributed by atoms with Gasteiger partial charge in [0.05, 0.1) is 12.3 Å². The molecule has 150 valence electrons. The van der Waals surface area contributed by atoms with Crippen LogP contribution in [0.25, 0.3) is 11.3 Å². The van der Waals surface area contributed by atoms with E-state index in [4.69, 9.17) is 4.74 Å². The van der Waals surface area contributed by atoms with Crippen LogP contribution in [0.4, 0.5) is 5.82 Å². The van der Waals surface area contributed by atoms with Gasteiger partial charge in [0.1, 0.15) is 17.9 Å². The Balaban J connectivity index is 1.66. The predicted octanol–water partition coefficient (Wildman–Crippen LogP) is 3.63. The van der Waals surface area contributed by atoms with Gasteiger partial charge in [-0.05, 0) is 44.0 Å². The molecule has 1 aliphatic heterocycles. The van der Waals surface area contributed by atoms with Crippen molar-refractivity contribution in [3.05, 3.63) is 36.7 Å². The predicted molar refractivity (Wildman–Crippen MR) is 112 cm³/mol. The van der Waals surface area contributed by atoms with Crippen LogP contribution in [0, 0.1) is 5.92 Å². The molecule has 0 saturated carbocycles. The molecule has 1 saturated heterocycles. The highest BCUT2D eigenvalue weighted by Crippen LogP contribution is 2.24. The van der Waals surface area contributed by atoms with Crippen LogP contribution in [0.3, 0.4) is 0 Å². The molecule has 1 amide bonds. The second kappa shape index (κ2) is 9.53. The van der Waals surface area contributed by atoms with Crippen molar-refractivity contribution in [1.29, 1.82) is 0 Å². The summed E-state index contributed by atoms with van der Waals surface area (Å²) in [7, 11) is 0. The Morgan fingerprint density at radius 1 is 1.04 bits per heavy atom. The fourth-order valence-corrected chi connectivity index (χ4v) is 3.62. The number of anilines is 1. The average Bonchev–Trinajstić information content (AvgIpc) is 2.75. The molecule has 1 aliphatic rings. The molecule has 6 heteroatoms. The Bertz CT molecular complexity index is 766. The van der Waals surface area contributed by atoms with E-state index in [-0.39, 0.29) is 5.92 Å². The minimum atomic E-state index is 0.150. The van der Waals surface area contributed by atoms with Crippen LogP contribution in [0.2, 0.25) is 0 Å². The van der Waals surface area contributed by atoms with Crippen molar-refractivity contribution < 1.29 is 9.53 Å². The highest BCUT2D eigenvalue weighted by molar-refractivity contribution is 5.79. The van der Waals surface area contributed by atoms with Gasteiger partial charge in [0.15, 0.2) is 0 Å². The number of hydrogen-bond acceptors (Lipinski definition) is 5. The Morgan fingerprint density at radius 3 is 2.32 bits per heavy atom. The highest BCUT2D eigenvalue weighted by atomic mass is 16.5. The smallest absolute Gasteiger partial charge is 0.225 e. The lowest BCUT2D eigenvalue weighted by Gasteiger charge is -2.36. The Labute approximate surface area is 167 Å². The van der Waals surface area contributed by atoms with Gasteiger partial charge in [-0.15, -0.1) is 0 Å². The third-order valence-corrected chi connectivity index (χ3v) is 5.36. The molecular formula is C22H30N4O2. The first-order valence-corrected chi connectivity index (χ1v) is 10.2. The summed E-state index contributed by atoms with van der Waals surface area (Å²) in [5, 5.41) is 0. The monoisotopic (exact) mass is 382 g/mol. The first-order valence-electron chi connectivity index (χ1n) is 10.2. The average molecular weight is 383 g/mol. The maximum atomic E-state index is 12.6. The first kappa shape index (κ1) is 20.1. The Hall–Kier alpha value is -2.63. The maximum absolute atomic E-state index is 12.6. The molecular weight excluding hydrogens is 352 g/mol. The molecule has 0 radical (unpaired) electrons. The lowest BCUT2D eigenvalue weighted by Crippen LogP contribution is -2.50. The summed E-state index contributed by atoms with van der Waals surface area (Å²) < 4.78 is 5.50. The normalized spacial score (nSPS) is 14.4.